The molecule has 9 heteroatoms. The minimum atomic E-state index is -0.264. The summed E-state index contributed by atoms with van der Waals surface area (Å²) in [6.07, 6.45) is 1.30. The van der Waals surface area contributed by atoms with Crippen molar-refractivity contribution in [2.24, 2.45) is 12.0 Å². The van der Waals surface area contributed by atoms with Crippen LogP contribution in [0.1, 0.15) is 24.4 Å². The Labute approximate surface area is 164 Å². The number of aromatic nitrogens is 3. The first-order valence-electron chi connectivity index (χ1n) is 7.77. The number of rotatable bonds is 7. The molecule has 0 saturated heterocycles. The van der Waals surface area contributed by atoms with Crippen LogP contribution in [0.15, 0.2) is 35.6 Å². The van der Waals surface area contributed by atoms with Crippen molar-refractivity contribution in [2.45, 2.75) is 19.6 Å². The zero-order chi connectivity index (χ0) is 17.4. The molecule has 0 spiro atoms. The molecule has 0 aliphatic rings. The van der Waals surface area contributed by atoms with Crippen molar-refractivity contribution < 1.29 is 9.13 Å². The average Bonchev–Trinajstić information content (AvgIpc) is 2.99. The molecule has 7 nitrogen and oxygen atoms in total. The van der Waals surface area contributed by atoms with E-state index >= 15 is 0 Å². The highest BCUT2D eigenvalue weighted by Crippen LogP contribution is 2.16. The van der Waals surface area contributed by atoms with Crippen molar-refractivity contribution in [1.29, 1.82) is 0 Å². The van der Waals surface area contributed by atoms with E-state index in [4.69, 9.17) is 4.74 Å². The molecule has 2 aromatic rings. The molecule has 25 heavy (non-hydrogen) atoms. The highest BCUT2D eigenvalue weighted by atomic mass is 127. The molecule has 0 aliphatic carbocycles. The maximum Gasteiger partial charge on any atom is 0.191 e. The van der Waals surface area contributed by atoms with E-state index in [1.54, 1.807) is 23.9 Å². The van der Waals surface area contributed by atoms with Gasteiger partial charge in [-0.05, 0) is 24.6 Å². The van der Waals surface area contributed by atoms with Gasteiger partial charge in [-0.3, -0.25) is 4.68 Å². The Kier molecular flexibility index (Phi) is 9.35. The van der Waals surface area contributed by atoms with Gasteiger partial charge in [-0.15, -0.1) is 24.0 Å². The van der Waals surface area contributed by atoms with E-state index in [2.05, 4.69) is 25.7 Å². The number of hydrogen-bond acceptors (Lipinski definition) is 4. The molecule has 0 amide bonds. The lowest BCUT2D eigenvalue weighted by molar-refractivity contribution is 0.106. The van der Waals surface area contributed by atoms with Crippen LogP contribution in [0.25, 0.3) is 0 Å². The van der Waals surface area contributed by atoms with Crippen molar-refractivity contribution in [1.82, 2.24) is 25.4 Å². The Morgan fingerprint density at radius 1 is 1.32 bits per heavy atom. The van der Waals surface area contributed by atoms with Crippen molar-refractivity contribution >= 4 is 29.9 Å². The molecule has 2 rings (SSSR count). The number of hydrogen-bond donors (Lipinski definition) is 2. The van der Waals surface area contributed by atoms with E-state index in [1.807, 2.05) is 14.0 Å². The van der Waals surface area contributed by atoms with Gasteiger partial charge >= 0.3 is 0 Å². The van der Waals surface area contributed by atoms with Gasteiger partial charge in [-0.25, -0.2) is 14.4 Å². The fourth-order valence-electron chi connectivity index (χ4n) is 2.16. The number of benzene rings is 1. The van der Waals surface area contributed by atoms with Crippen LogP contribution in [-0.4, -0.2) is 40.9 Å². The van der Waals surface area contributed by atoms with Crippen LogP contribution in [0.2, 0.25) is 0 Å². The summed E-state index contributed by atoms with van der Waals surface area (Å²) < 4.78 is 20.2. The molecule has 1 unspecified atom stereocenters. The lowest BCUT2D eigenvalue weighted by atomic mass is 10.1. The van der Waals surface area contributed by atoms with Crippen LogP contribution in [0, 0.1) is 5.82 Å². The summed E-state index contributed by atoms with van der Waals surface area (Å²) in [6, 6.07) is 6.28. The zero-order valence-electron chi connectivity index (χ0n) is 14.6. The van der Waals surface area contributed by atoms with Crippen molar-refractivity contribution in [3.8, 4) is 0 Å². The smallest absolute Gasteiger partial charge is 0.191 e. The fraction of sp³-hybridized carbons (Fsp3) is 0.438. The van der Waals surface area contributed by atoms with Gasteiger partial charge in [0.05, 0.1) is 6.10 Å². The Bertz CT molecular complexity index is 661. The third-order valence-electron chi connectivity index (χ3n) is 3.51. The summed E-state index contributed by atoms with van der Waals surface area (Å²) in [4.78, 5) is 8.63. The molecule has 0 saturated carbocycles. The van der Waals surface area contributed by atoms with Crippen LogP contribution in [0.4, 0.5) is 4.39 Å². The molecule has 1 aromatic heterocycles. The second kappa shape index (κ2) is 11.0. The van der Waals surface area contributed by atoms with E-state index in [9.17, 15) is 4.39 Å². The number of nitrogens with zero attached hydrogens (tertiary/aromatic N) is 4. The van der Waals surface area contributed by atoms with Gasteiger partial charge in [-0.2, -0.15) is 5.10 Å². The van der Waals surface area contributed by atoms with Gasteiger partial charge in [0.15, 0.2) is 5.96 Å². The second-order valence-electron chi connectivity index (χ2n) is 5.15. The summed E-state index contributed by atoms with van der Waals surface area (Å²) >= 11 is 0. The minimum absolute atomic E-state index is 0. The summed E-state index contributed by atoms with van der Waals surface area (Å²) in [6.45, 7) is 3.65. The van der Waals surface area contributed by atoms with Gasteiger partial charge in [0.25, 0.3) is 0 Å². The average molecular weight is 462 g/mol. The van der Waals surface area contributed by atoms with E-state index in [-0.39, 0.29) is 35.9 Å². The molecular weight excluding hydrogens is 438 g/mol. The highest BCUT2D eigenvalue weighted by molar-refractivity contribution is 14.0. The van der Waals surface area contributed by atoms with Crippen LogP contribution in [0.5, 0.6) is 0 Å². The lowest BCUT2D eigenvalue weighted by Crippen LogP contribution is -2.39. The Morgan fingerprint density at radius 3 is 2.60 bits per heavy atom. The van der Waals surface area contributed by atoms with Crippen LogP contribution < -0.4 is 10.6 Å². The second-order valence-corrected chi connectivity index (χ2v) is 5.15. The van der Waals surface area contributed by atoms with E-state index in [1.165, 1.54) is 18.5 Å². The Hall–Kier alpha value is -1.75. The lowest BCUT2D eigenvalue weighted by Gasteiger charge is -2.18. The SMILES string of the molecule is CCNC(=NCc1ncnn1C)NCC(OC)c1ccc(F)cc1.I. The molecular formula is C16H24FIN6O. The molecule has 1 aromatic carbocycles. The maximum atomic E-state index is 13.0. The predicted molar refractivity (Wildman–Crippen MR) is 105 cm³/mol. The van der Waals surface area contributed by atoms with Crippen LogP contribution >= 0.6 is 24.0 Å². The van der Waals surface area contributed by atoms with E-state index in [0.29, 0.717) is 19.0 Å². The molecule has 138 valence electrons. The first-order chi connectivity index (χ1) is 11.6. The Morgan fingerprint density at radius 2 is 2.04 bits per heavy atom. The third kappa shape index (κ3) is 6.58. The fourth-order valence-corrected chi connectivity index (χ4v) is 2.16. The third-order valence-corrected chi connectivity index (χ3v) is 3.51. The number of nitrogens with one attached hydrogen (secondary N) is 2. The number of halogens is 2. The molecule has 0 aliphatic heterocycles. The number of guanidine groups is 1. The Balaban J connectivity index is 0.00000312. The minimum Gasteiger partial charge on any atom is -0.375 e. The van der Waals surface area contributed by atoms with Crippen molar-refractivity contribution in [3.63, 3.8) is 0 Å². The number of ether oxygens (including phenoxy) is 1. The summed E-state index contributed by atoms with van der Waals surface area (Å²) in [7, 11) is 3.45. The predicted octanol–water partition coefficient (Wildman–Crippen LogP) is 2.02. The first kappa shape index (κ1) is 21.3. The standard InChI is InChI=1S/C16H23FN6O.HI/c1-4-18-16(20-10-15-21-11-22-23(15)2)19-9-14(24-3)12-5-7-13(17)8-6-12;/h5-8,11,14H,4,9-10H2,1-3H3,(H2,18,19,20);1H. The van der Waals surface area contributed by atoms with Crippen molar-refractivity contribution in [3.05, 3.63) is 47.8 Å². The summed E-state index contributed by atoms with van der Waals surface area (Å²) in [5, 5.41) is 10.4. The molecule has 0 bridgehead atoms. The molecule has 1 atom stereocenters. The van der Waals surface area contributed by atoms with E-state index < -0.39 is 0 Å². The van der Waals surface area contributed by atoms with Gasteiger partial charge in [0, 0.05) is 27.2 Å². The van der Waals surface area contributed by atoms with Crippen molar-refractivity contribution in [2.75, 3.05) is 20.2 Å². The van der Waals surface area contributed by atoms with Gasteiger partial charge in [0.1, 0.15) is 24.5 Å². The number of aryl methyl sites for hydroxylation is 1. The quantitative estimate of drug-likeness (QED) is 0.374. The van der Waals surface area contributed by atoms with Crippen LogP contribution in [0.3, 0.4) is 0 Å². The molecule has 0 fully saturated rings. The van der Waals surface area contributed by atoms with Gasteiger partial charge < -0.3 is 15.4 Å². The van der Waals surface area contributed by atoms with Gasteiger partial charge in [0.2, 0.25) is 0 Å². The highest BCUT2D eigenvalue weighted by Gasteiger charge is 2.11. The topological polar surface area (TPSA) is 76.4 Å². The van der Waals surface area contributed by atoms with E-state index in [0.717, 1.165) is 17.9 Å². The molecule has 0 radical (unpaired) electrons. The normalized spacial score (nSPS) is 12.4. The number of aliphatic imine (C=N–C) groups is 1. The van der Waals surface area contributed by atoms with Crippen LogP contribution in [-0.2, 0) is 18.3 Å². The maximum absolute atomic E-state index is 13.0. The largest absolute Gasteiger partial charge is 0.375 e. The summed E-state index contributed by atoms with van der Waals surface area (Å²) in [5.41, 5.74) is 0.899. The molecule has 2 N–H and O–H groups in total. The summed E-state index contributed by atoms with van der Waals surface area (Å²) in [5.74, 6) is 1.17. The number of methoxy groups -OCH3 is 1. The molecule has 1 heterocycles. The first-order valence-corrected chi connectivity index (χ1v) is 7.77. The van der Waals surface area contributed by atoms with Gasteiger partial charge in [-0.1, -0.05) is 12.1 Å². The zero-order valence-corrected chi connectivity index (χ0v) is 16.9. The monoisotopic (exact) mass is 462 g/mol.